The third kappa shape index (κ3) is 4.03. The summed E-state index contributed by atoms with van der Waals surface area (Å²) in [5.41, 5.74) is 0. The Bertz CT molecular complexity index is 395. The van der Waals surface area contributed by atoms with E-state index in [-0.39, 0.29) is 0 Å². The van der Waals surface area contributed by atoms with Crippen LogP contribution in [-0.2, 0) is 0 Å². The predicted octanol–water partition coefficient (Wildman–Crippen LogP) is 5.02. The lowest BCUT2D eigenvalue weighted by molar-refractivity contribution is 0.274. The van der Waals surface area contributed by atoms with Gasteiger partial charge in [-0.1, -0.05) is 49.4 Å². The van der Waals surface area contributed by atoms with Crippen molar-refractivity contribution in [2.24, 2.45) is 11.8 Å². The molecule has 1 aliphatic carbocycles. The Morgan fingerprint density at radius 1 is 1.39 bits per heavy atom. The van der Waals surface area contributed by atoms with Gasteiger partial charge in [0.1, 0.15) is 5.82 Å². The number of anilines is 1. The molecule has 1 N–H and O–H groups in total. The van der Waals surface area contributed by atoms with Crippen molar-refractivity contribution < 1.29 is 0 Å². The number of aromatic nitrogens is 1. The molecule has 0 aliphatic heterocycles. The van der Waals surface area contributed by atoms with Crippen LogP contribution in [0.2, 0.25) is 10.0 Å². The summed E-state index contributed by atoms with van der Waals surface area (Å²) >= 11 is 11.9. The molecule has 1 fully saturated rings. The molecule has 0 spiro atoms. The Balaban J connectivity index is 1.77. The SMILES string of the molecule is CC1CCCC(CCNc2ncc(Cl)cc2Cl)C1. The highest BCUT2D eigenvalue weighted by Crippen LogP contribution is 2.30. The molecule has 1 aliphatic rings. The minimum atomic E-state index is 0.576. The molecule has 18 heavy (non-hydrogen) atoms. The van der Waals surface area contributed by atoms with E-state index in [1.165, 1.54) is 32.1 Å². The fourth-order valence-electron chi connectivity index (χ4n) is 2.76. The number of rotatable bonds is 4. The highest BCUT2D eigenvalue weighted by atomic mass is 35.5. The molecule has 0 bridgehead atoms. The molecule has 1 saturated carbocycles. The maximum Gasteiger partial charge on any atom is 0.144 e. The lowest BCUT2D eigenvalue weighted by Crippen LogP contribution is -2.17. The van der Waals surface area contributed by atoms with Gasteiger partial charge in [0, 0.05) is 12.7 Å². The van der Waals surface area contributed by atoms with Crippen molar-refractivity contribution in [1.82, 2.24) is 4.98 Å². The molecule has 2 atom stereocenters. The van der Waals surface area contributed by atoms with Gasteiger partial charge < -0.3 is 5.32 Å². The Kier molecular flexibility index (Phi) is 5.13. The first-order valence-electron chi connectivity index (χ1n) is 6.70. The highest BCUT2D eigenvalue weighted by molar-refractivity contribution is 6.35. The predicted molar refractivity (Wildman–Crippen MR) is 78.5 cm³/mol. The number of hydrogen-bond acceptors (Lipinski definition) is 2. The van der Waals surface area contributed by atoms with Gasteiger partial charge in [-0.3, -0.25) is 0 Å². The van der Waals surface area contributed by atoms with E-state index < -0.39 is 0 Å². The Morgan fingerprint density at radius 2 is 2.22 bits per heavy atom. The Labute approximate surface area is 119 Å². The smallest absolute Gasteiger partial charge is 0.144 e. The highest BCUT2D eigenvalue weighted by Gasteiger charge is 2.18. The molecule has 1 aromatic rings. The fourth-order valence-corrected chi connectivity index (χ4v) is 3.21. The zero-order valence-corrected chi connectivity index (χ0v) is 12.3. The zero-order chi connectivity index (χ0) is 13.0. The molecule has 2 unspecified atom stereocenters. The monoisotopic (exact) mass is 286 g/mol. The maximum atomic E-state index is 6.06. The van der Waals surface area contributed by atoms with Gasteiger partial charge in [0.2, 0.25) is 0 Å². The van der Waals surface area contributed by atoms with Gasteiger partial charge >= 0.3 is 0 Å². The summed E-state index contributed by atoms with van der Waals surface area (Å²) in [6, 6.07) is 1.72. The van der Waals surface area contributed by atoms with Crippen molar-refractivity contribution in [3.05, 3.63) is 22.3 Å². The number of hydrogen-bond donors (Lipinski definition) is 1. The molecule has 1 heterocycles. The van der Waals surface area contributed by atoms with E-state index in [4.69, 9.17) is 23.2 Å². The van der Waals surface area contributed by atoms with Crippen molar-refractivity contribution >= 4 is 29.0 Å². The van der Waals surface area contributed by atoms with E-state index in [9.17, 15) is 0 Å². The van der Waals surface area contributed by atoms with Crippen molar-refractivity contribution in [2.75, 3.05) is 11.9 Å². The van der Waals surface area contributed by atoms with E-state index in [1.54, 1.807) is 12.3 Å². The normalized spacial score (nSPS) is 23.9. The van der Waals surface area contributed by atoms with Crippen LogP contribution in [0, 0.1) is 11.8 Å². The minimum absolute atomic E-state index is 0.576. The average molecular weight is 287 g/mol. The van der Waals surface area contributed by atoms with Crippen LogP contribution < -0.4 is 5.32 Å². The topological polar surface area (TPSA) is 24.9 Å². The van der Waals surface area contributed by atoms with Crippen LogP contribution >= 0.6 is 23.2 Å². The molecule has 0 amide bonds. The molecule has 1 aromatic heterocycles. The summed E-state index contributed by atoms with van der Waals surface area (Å²) in [6.45, 7) is 3.29. The van der Waals surface area contributed by atoms with Gasteiger partial charge in [0.25, 0.3) is 0 Å². The van der Waals surface area contributed by atoms with Crippen LogP contribution in [0.4, 0.5) is 5.82 Å². The first kappa shape index (κ1) is 14.0. The van der Waals surface area contributed by atoms with Gasteiger partial charge in [-0.25, -0.2) is 4.98 Å². The third-order valence-corrected chi connectivity index (χ3v) is 4.19. The summed E-state index contributed by atoms with van der Waals surface area (Å²) < 4.78 is 0. The Morgan fingerprint density at radius 3 is 2.94 bits per heavy atom. The van der Waals surface area contributed by atoms with Gasteiger partial charge in [0.05, 0.1) is 10.0 Å². The van der Waals surface area contributed by atoms with E-state index in [0.717, 1.165) is 24.2 Å². The van der Waals surface area contributed by atoms with E-state index in [2.05, 4.69) is 17.2 Å². The Hall–Kier alpha value is -0.470. The summed E-state index contributed by atoms with van der Waals surface area (Å²) in [5, 5.41) is 4.47. The largest absolute Gasteiger partial charge is 0.369 e. The van der Waals surface area contributed by atoms with Crippen LogP contribution in [0.1, 0.15) is 39.0 Å². The summed E-state index contributed by atoms with van der Waals surface area (Å²) in [5.74, 6) is 2.48. The second-order valence-corrected chi connectivity index (χ2v) is 6.18. The van der Waals surface area contributed by atoms with Crippen LogP contribution in [0.15, 0.2) is 12.3 Å². The standard InChI is InChI=1S/C14H20Cl2N2/c1-10-3-2-4-11(7-10)5-6-17-14-13(16)8-12(15)9-18-14/h8-11H,2-7H2,1H3,(H,17,18). The number of halogens is 2. The molecular weight excluding hydrogens is 267 g/mol. The van der Waals surface area contributed by atoms with Crippen LogP contribution in [0.5, 0.6) is 0 Å². The first-order chi connectivity index (χ1) is 8.65. The molecule has 2 nitrogen and oxygen atoms in total. The summed E-state index contributed by atoms with van der Waals surface area (Å²) in [6.07, 6.45) is 8.33. The fraction of sp³-hybridized carbons (Fsp3) is 0.643. The van der Waals surface area contributed by atoms with Gasteiger partial charge in [-0.05, 0) is 30.7 Å². The molecule has 0 aromatic carbocycles. The molecule has 0 saturated heterocycles. The van der Waals surface area contributed by atoms with Gasteiger partial charge in [-0.2, -0.15) is 0 Å². The number of nitrogens with zero attached hydrogens (tertiary/aromatic N) is 1. The lowest BCUT2D eigenvalue weighted by atomic mass is 9.81. The van der Waals surface area contributed by atoms with E-state index in [1.807, 2.05) is 0 Å². The van der Waals surface area contributed by atoms with Gasteiger partial charge in [0.15, 0.2) is 0 Å². The number of nitrogens with one attached hydrogen (secondary N) is 1. The van der Waals surface area contributed by atoms with E-state index >= 15 is 0 Å². The van der Waals surface area contributed by atoms with Crippen LogP contribution in [-0.4, -0.2) is 11.5 Å². The second-order valence-electron chi connectivity index (χ2n) is 5.34. The second kappa shape index (κ2) is 6.63. The minimum Gasteiger partial charge on any atom is -0.369 e. The lowest BCUT2D eigenvalue weighted by Gasteiger charge is -2.26. The van der Waals surface area contributed by atoms with Crippen molar-refractivity contribution in [1.29, 1.82) is 0 Å². The molecule has 0 radical (unpaired) electrons. The van der Waals surface area contributed by atoms with Gasteiger partial charge in [-0.15, -0.1) is 0 Å². The number of pyridine rings is 1. The van der Waals surface area contributed by atoms with E-state index in [0.29, 0.717) is 10.0 Å². The van der Waals surface area contributed by atoms with Crippen LogP contribution in [0.3, 0.4) is 0 Å². The summed E-state index contributed by atoms with van der Waals surface area (Å²) in [4.78, 5) is 4.20. The van der Waals surface area contributed by atoms with Crippen LogP contribution in [0.25, 0.3) is 0 Å². The first-order valence-corrected chi connectivity index (χ1v) is 7.45. The maximum absolute atomic E-state index is 6.06. The summed E-state index contributed by atoms with van der Waals surface area (Å²) in [7, 11) is 0. The molecule has 2 rings (SSSR count). The van der Waals surface area contributed by atoms with Crippen molar-refractivity contribution in [3.8, 4) is 0 Å². The van der Waals surface area contributed by atoms with Crippen molar-refractivity contribution in [3.63, 3.8) is 0 Å². The molecule has 100 valence electrons. The third-order valence-electron chi connectivity index (χ3n) is 3.70. The van der Waals surface area contributed by atoms with Crippen molar-refractivity contribution in [2.45, 2.75) is 39.0 Å². The average Bonchev–Trinajstić information content (AvgIpc) is 2.32. The molecular formula is C14H20Cl2N2. The quantitative estimate of drug-likeness (QED) is 0.841. The molecule has 4 heteroatoms. The zero-order valence-electron chi connectivity index (χ0n) is 10.8.